The molecule has 0 radical (unpaired) electrons. The molecule has 3 heterocycles. The predicted octanol–water partition coefficient (Wildman–Crippen LogP) is 5.12. The van der Waals surface area contributed by atoms with E-state index in [1.807, 2.05) is 29.2 Å². The topological polar surface area (TPSA) is 45.7 Å². The Kier molecular flexibility index (Phi) is 5.02. The van der Waals surface area contributed by atoms with Crippen molar-refractivity contribution in [3.8, 4) is 5.75 Å². The number of piperazine rings is 1. The molecule has 2 aromatic heterocycles. The highest BCUT2D eigenvalue weighted by atomic mass is 32.1. The SMILES string of the molecule is COc1ccc2cc3cc(C(=O)N4CCN(c5ccc(C)cc5)[C@H](C)C4)sc3nc2c1. The van der Waals surface area contributed by atoms with E-state index >= 15 is 0 Å². The van der Waals surface area contributed by atoms with Gasteiger partial charge in [0.1, 0.15) is 10.6 Å². The summed E-state index contributed by atoms with van der Waals surface area (Å²) >= 11 is 1.47. The highest BCUT2D eigenvalue weighted by molar-refractivity contribution is 7.20. The summed E-state index contributed by atoms with van der Waals surface area (Å²) in [7, 11) is 1.65. The Bertz CT molecular complexity index is 1270. The molecule has 4 aromatic rings. The van der Waals surface area contributed by atoms with Crippen LogP contribution in [0.5, 0.6) is 5.75 Å². The number of aromatic nitrogens is 1. The summed E-state index contributed by atoms with van der Waals surface area (Å²) in [5.74, 6) is 0.882. The molecule has 1 atom stereocenters. The number of nitrogens with zero attached hydrogens (tertiary/aromatic N) is 3. The highest BCUT2D eigenvalue weighted by Gasteiger charge is 2.28. The van der Waals surface area contributed by atoms with Gasteiger partial charge in [0.15, 0.2) is 0 Å². The van der Waals surface area contributed by atoms with Crippen LogP contribution in [0.4, 0.5) is 5.69 Å². The van der Waals surface area contributed by atoms with E-state index in [0.717, 1.165) is 44.8 Å². The fourth-order valence-electron chi connectivity index (χ4n) is 4.26. The molecule has 1 saturated heterocycles. The molecule has 5 rings (SSSR count). The summed E-state index contributed by atoms with van der Waals surface area (Å²) < 4.78 is 5.31. The predicted molar refractivity (Wildman–Crippen MR) is 128 cm³/mol. The van der Waals surface area contributed by atoms with E-state index in [2.05, 4.69) is 49.1 Å². The third-order valence-electron chi connectivity index (χ3n) is 6.00. The van der Waals surface area contributed by atoms with Crippen molar-refractivity contribution in [2.45, 2.75) is 19.9 Å². The molecule has 1 fully saturated rings. The van der Waals surface area contributed by atoms with Crippen LogP contribution >= 0.6 is 11.3 Å². The minimum Gasteiger partial charge on any atom is -0.497 e. The van der Waals surface area contributed by atoms with Gasteiger partial charge in [0.05, 0.1) is 17.5 Å². The fourth-order valence-corrected chi connectivity index (χ4v) is 5.25. The van der Waals surface area contributed by atoms with Crippen molar-refractivity contribution in [2.75, 3.05) is 31.6 Å². The van der Waals surface area contributed by atoms with Crippen molar-refractivity contribution in [1.82, 2.24) is 9.88 Å². The number of carbonyl (C=O) groups excluding carboxylic acids is 1. The summed E-state index contributed by atoms with van der Waals surface area (Å²) in [6.45, 7) is 6.56. The Hall–Kier alpha value is -3.12. The van der Waals surface area contributed by atoms with Crippen LogP contribution in [-0.2, 0) is 0 Å². The van der Waals surface area contributed by atoms with Gasteiger partial charge in [-0.1, -0.05) is 17.7 Å². The molecular weight excluding hydrogens is 406 g/mol. The minimum atomic E-state index is 0.0973. The molecule has 1 aliphatic rings. The average molecular weight is 432 g/mol. The number of rotatable bonds is 3. The molecule has 31 heavy (non-hydrogen) atoms. The number of methoxy groups -OCH3 is 1. The van der Waals surface area contributed by atoms with Crippen molar-refractivity contribution in [2.24, 2.45) is 0 Å². The van der Waals surface area contributed by atoms with Gasteiger partial charge >= 0.3 is 0 Å². The third-order valence-corrected chi connectivity index (χ3v) is 7.03. The van der Waals surface area contributed by atoms with E-state index in [1.54, 1.807) is 7.11 Å². The number of aryl methyl sites for hydroxylation is 1. The van der Waals surface area contributed by atoms with Gasteiger partial charge in [-0.05, 0) is 50.2 Å². The van der Waals surface area contributed by atoms with Crippen LogP contribution < -0.4 is 9.64 Å². The summed E-state index contributed by atoms with van der Waals surface area (Å²) in [6, 6.07) is 18.8. The Morgan fingerprint density at radius 3 is 2.61 bits per heavy atom. The Balaban J connectivity index is 1.37. The second-order valence-electron chi connectivity index (χ2n) is 8.18. The van der Waals surface area contributed by atoms with Crippen LogP contribution in [-0.4, -0.2) is 48.6 Å². The summed E-state index contributed by atoms with van der Waals surface area (Å²) in [5.41, 5.74) is 3.36. The molecule has 0 aliphatic carbocycles. The molecule has 0 bridgehead atoms. The molecule has 1 aliphatic heterocycles. The lowest BCUT2D eigenvalue weighted by atomic mass is 10.1. The van der Waals surface area contributed by atoms with Crippen molar-refractivity contribution < 1.29 is 9.53 Å². The third kappa shape index (κ3) is 3.72. The molecule has 0 N–H and O–H groups in total. The molecule has 0 saturated carbocycles. The smallest absolute Gasteiger partial charge is 0.264 e. The molecule has 1 amide bonds. The number of carbonyl (C=O) groups is 1. The zero-order valence-corrected chi connectivity index (χ0v) is 18.8. The molecule has 0 unspecified atom stereocenters. The van der Waals surface area contributed by atoms with Gasteiger partial charge in [-0.3, -0.25) is 4.79 Å². The van der Waals surface area contributed by atoms with Crippen molar-refractivity contribution >= 4 is 44.1 Å². The first-order valence-electron chi connectivity index (χ1n) is 10.5. The number of benzene rings is 2. The Morgan fingerprint density at radius 1 is 1.06 bits per heavy atom. The first kappa shape index (κ1) is 19.8. The number of anilines is 1. The number of pyridine rings is 1. The molecule has 2 aromatic carbocycles. The fraction of sp³-hybridized carbons (Fsp3) is 0.280. The van der Waals surface area contributed by atoms with Gasteiger partial charge < -0.3 is 14.5 Å². The second kappa shape index (κ2) is 7.85. The van der Waals surface area contributed by atoms with E-state index < -0.39 is 0 Å². The number of hydrogen-bond acceptors (Lipinski definition) is 5. The van der Waals surface area contributed by atoms with Gasteiger partial charge in [0.25, 0.3) is 5.91 Å². The van der Waals surface area contributed by atoms with Crippen LogP contribution in [0, 0.1) is 6.92 Å². The number of thiophene rings is 1. The van der Waals surface area contributed by atoms with Crippen LogP contribution in [0.3, 0.4) is 0 Å². The van der Waals surface area contributed by atoms with E-state index in [1.165, 1.54) is 22.6 Å². The van der Waals surface area contributed by atoms with Gasteiger partial charge in [0, 0.05) is 48.2 Å². The quantitative estimate of drug-likeness (QED) is 0.452. The number of hydrogen-bond donors (Lipinski definition) is 0. The standard InChI is InChI=1S/C25H25N3O2S/c1-16-4-7-20(8-5-16)28-11-10-27(15-17(28)2)25(29)23-13-19-12-18-6-9-21(30-3)14-22(18)26-24(19)31-23/h4-9,12-14,17H,10-11,15H2,1-3H3/t17-/m1/s1. The number of amides is 1. The maximum absolute atomic E-state index is 13.3. The van der Waals surface area contributed by atoms with Gasteiger partial charge in [-0.25, -0.2) is 4.98 Å². The second-order valence-corrected chi connectivity index (χ2v) is 9.21. The van der Waals surface area contributed by atoms with Crippen LogP contribution in [0.1, 0.15) is 22.2 Å². The lowest BCUT2D eigenvalue weighted by molar-refractivity contribution is 0.0731. The Morgan fingerprint density at radius 2 is 1.87 bits per heavy atom. The van der Waals surface area contributed by atoms with E-state index in [-0.39, 0.29) is 11.9 Å². The normalized spacial score (nSPS) is 16.8. The summed E-state index contributed by atoms with van der Waals surface area (Å²) in [5, 5.41) is 2.06. The van der Waals surface area contributed by atoms with Crippen molar-refractivity contribution in [3.63, 3.8) is 0 Å². The lowest BCUT2D eigenvalue weighted by Gasteiger charge is -2.41. The monoisotopic (exact) mass is 431 g/mol. The van der Waals surface area contributed by atoms with Gasteiger partial charge in [-0.2, -0.15) is 0 Å². The van der Waals surface area contributed by atoms with E-state index in [4.69, 9.17) is 9.72 Å². The minimum absolute atomic E-state index is 0.0973. The Labute approximate surface area is 185 Å². The first-order valence-corrected chi connectivity index (χ1v) is 11.3. The van der Waals surface area contributed by atoms with E-state index in [9.17, 15) is 4.79 Å². The van der Waals surface area contributed by atoms with Gasteiger partial charge in [-0.15, -0.1) is 11.3 Å². The van der Waals surface area contributed by atoms with Crippen molar-refractivity contribution in [1.29, 1.82) is 0 Å². The van der Waals surface area contributed by atoms with Crippen molar-refractivity contribution in [3.05, 3.63) is 65.0 Å². The maximum atomic E-state index is 13.3. The molecule has 6 heteroatoms. The molecule has 5 nitrogen and oxygen atoms in total. The zero-order chi connectivity index (χ0) is 21.5. The summed E-state index contributed by atoms with van der Waals surface area (Å²) in [6.07, 6.45) is 0. The van der Waals surface area contributed by atoms with Gasteiger partial charge in [0.2, 0.25) is 0 Å². The maximum Gasteiger partial charge on any atom is 0.264 e. The number of fused-ring (bicyclic) bond motifs is 2. The summed E-state index contributed by atoms with van der Waals surface area (Å²) in [4.78, 5) is 24.0. The molecule has 0 spiro atoms. The molecular formula is C25H25N3O2S. The largest absolute Gasteiger partial charge is 0.497 e. The molecule has 158 valence electrons. The highest BCUT2D eigenvalue weighted by Crippen LogP contribution is 2.30. The van der Waals surface area contributed by atoms with Crippen LogP contribution in [0.2, 0.25) is 0 Å². The lowest BCUT2D eigenvalue weighted by Crippen LogP contribution is -2.53. The van der Waals surface area contributed by atoms with Crippen LogP contribution in [0.25, 0.3) is 21.1 Å². The first-order chi connectivity index (χ1) is 15.0. The van der Waals surface area contributed by atoms with E-state index in [0.29, 0.717) is 6.54 Å². The average Bonchev–Trinajstić information content (AvgIpc) is 3.20. The van der Waals surface area contributed by atoms with Crippen LogP contribution in [0.15, 0.2) is 54.6 Å². The number of ether oxygens (including phenoxy) is 1. The zero-order valence-electron chi connectivity index (χ0n) is 18.0.